The van der Waals surface area contributed by atoms with Gasteiger partial charge in [-0.15, -0.1) is 11.3 Å². The number of hydrogen-bond acceptors (Lipinski definition) is 4. The van der Waals surface area contributed by atoms with E-state index < -0.39 is 0 Å². The van der Waals surface area contributed by atoms with Gasteiger partial charge in [-0.25, -0.2) is 4.99 Å². The number of guanidine groups is 1. The molecule has 2 N–H and O–H groups in total. The van der Waals surface area contributed by atoms with Gasteiger partial charge in [0.05, 0.1) is 23.1 Å². The van der Waals surface area contributed by atoms with Crippen LogP contribution in [0, 0.1) is 13.8 Å². The second-order valence-electron chi connectivity index (χ2n) is 4.56. The molecule has 0 saturated heterocycles. The van der Waals surface area contributed by atoms with Crippen molar-refractivity contribution in [3.63, 3.8) is 0 Å². The monoisotopic (exact) mass is 326 g/mol. The summed E-state index contributed by atoms with van der Waals surface area (Å²) in [5.74, 6) is 1.58. The van der Waals surface area contributed by atoms with E-state index in [4.69, 9.17) is 16.1 Å². The van der Waals surface area contributed by atoms with E-state index >= 15 is 0 Å². The first-order chi connectivity index (χ1) is 10.1. The van der Waals surface area contributed by atoms with Gasteiger partial charge in [-0.3, -0.25) is 0 Å². The quantitative estimate of drug-likeness (QED) is 0.654. The summed E-state index contributed by atoms with van der Waals surface area (Å²) in [6.45, 7) is 7.91. The van der Waals surface area contributed by atoms with Crippen LogP contribution in [-0.4, -0.2) is 17.7 Å². The molecule has 0 atom stereocenters. The molecular weight excluding hydrogens is 308 g/mol. The molecule has 21 heavy (non-hydrogen) atoms. The number of hydrogen-bond donors (Lipinski definition) is 2. The van der Waals surface area contributed by atoms with E-state index in [9.17, 15) is 0 Å². The van der Waals surface area contributed by atoms with Crippen molar-refractivity contribution in [2.75, 3.05) is 6.54 Å². The molecule has 2 aromatic heterocycles. The number of halogens is 1. The van der Waals surface area contributed by atoms with Crippen LogP contribution in [-0.2, 0) is 13.1 Å². The van der Waals surface area contributed by atoms with E-state index in [1.165, 1.54) is 4.88 Å². The molecule has 2 heterocycles. The third-order valence-corrected chi connectivity index (χ3v) is 4.21. The summed E-state index contributed by atoms with van der Waals surface area (Å²) in [4.78, 5) is 5.73. The lowest BCUT2D eigenvalue weighted by molar-refractivity contribution is 0.392. The molecule has 0 fully saturated rings. The molecule has 0 bridgehead atoms. The van der Waals surface area contributed by atoms with E-state index in [-0.39, 0.29) is 0 Å². The Morgan fingerprint density at radius 1 is 1.38 bits per heavy atom. The Hall–Kier alpha value is -1.53. The minimum atomic E-state index is 0.543. The van der Waals surface area contributed by atoms with Gasteiger partial charge in [-0.2, -0.15) is 0 Å². The summed E-state index contributed by atoms with van der Waals surface area (Å²) in [6, 6.07) is 3.91. The lowest BCUT2D eigenvalue weighted by Crippen LogP contribution is -2.36. The molecule has 0 radical (unpaired) electrons. The van der Waals surface area contributed by atoms with E-state index in [0.717, 1.165) is 33.9 Å². The highest BCUT2D eigenvalue weighted by Crippen LogP contribution is 2.21. The van der Waals surface area contributed by atoms with E-state index in [0.29, 0.717) is 13.1 Å². The van der Waals surface area contributed by atoms with Gasteiger partial charge in [0.25, 0.3) is 0 Å². The Labute approximate surface area is 133 Å². The predicted molar refractivity (Wildman–Crippen MR) is 87.0 cm³/mol. The molecule has 0 aliphatic heterocycles. The number of nitrogens with one attached hydrogen (secondary N) is 2. The molecule has 0 spiro atoms. The molecule has 7 heteroatoms. The molecule has 0 amide bonds. The number of thiophene rings is 1. The van der Waals surface area contributed by atoms with Crippen LogP contribution < -0.4 is 10.6 Å². The summed E-state index contributed by atoms with van der Waals surface area (Å²) in [5.41, 5.74) is 1.92. The Balaban J connectivity index is 1.99. The van der Waals surface area contributed by atoms with Crippen LogP contribution in [0.15, 0.2) is 21.6 Å². The maximum atomic E-state index is 5.93. The fourth-order valence-electron chi connectivity index (χ4n) is 1.85. The van der Waals surface area contributed by atoms with Gasteiger partial charge in [-0.05, 0) is 32.9 Å². The minimum Gasteiger partial charge on any atom is -0.361 e. The smallest absolute Gasteiger partial charge is 0.191 e. The highest BCUT2D eigenvalue weighted by molar-refractivity contribution is 7.16. The first kappa shape index (κ1) is 15.9. The van der Waals surface area contributed by atoms with Gasteiger partial charge in [0.15, 0.2) is 5.96 Å². The van der Waals surface area contributed by atoms with Crippen LogP contribution in [0.5, 0.6) is 0 Å². The molecule has 0 aromatic carbocycles. The Morgan fingerprint density at radius 2 is 2.19 bits per heavy atom. The second-order valence-corrected chi connectivity index (χ2v) is 6.36. The SMILES string of the molecule is CCNC(=NCc1c(C)noc1C)NCc1ccc(Cl)s1. The normalized spacial score (nSPS) is 11.7. The summed E-state index contributed by atoms with van der Waals surface area (Å²) in [5, 5.41) is 10.5. The fraction of sp³-hybridized carbons (Fsp3) is 0.429. The Kier molecular flexibility index (Phi) is 5.64. The van der Waals surface area contributed by atoms with Crippen molar-refractivity contribution in [3.05, 3.63) is 38.4 Å². The van der Waals surface area contributed by atoms with Gasteiger partial charge >= 0.3 is 0 Å². The highest BCUT2D eigenvalue weighted by Gasteiger charge is 2.08. The van der Waals surface area contributed by atoms with Gasteiger partial charge < -0.3 is 15.2 Å². The summed E-state index contributed by atoms with van der Waals surface area (Å²) >= 11 is 7.49. The first-order valence-corrected chi connectivity index (χ1v) is 7.97. The van der Waals surface area contributed by atoms with E-state index in [1.54, 1.807) is 11.3 Å². The zero-order valence-electron chi connectivity index (χ0n) is 12.4. The highest BCUT2D eigenvalue weighted by atomic mass is 35.5. The number of aryl methyl sites for hydroxylation is 2. The summed E-state index contributed by atoms with van der Waals surface area (Å²) < 4.78 is 5.94. The van der Waals surface area contributed by atoms with Crippen molar-refractivity contribution in [2.24, 2.45) is 4.99 Å². The third-order valence-electron chi connectivity index (χ3n) is 2.98. The van der Waals surface area contributed by atoms with Crippen LogP contribution >= 0.6 is 22.9 Å². The van der Waals surface area contributed by atoms with Crippen molar-refractivity contribution < 1.29 is 4.52 Å². The van der Waals surface area contributed by atoms with Crippen molar-refractivity contribution in [1.29, 1.82) is 0 Å². The zero-order chi connectivity index (χ0) is 15.2. The maximum absolute atomic E-state index is 5.93. The van der Waals surface area contributed by atoms with Crippen LogP contribution in [0.4, 0.5) is 0 Å². The van der Waals surface area contributed by atoms with E-state index in [1.807, 2.05) is 32.9 Å². The lowest BCUT2D eigenvalue weighted by atomic mass is 10.2. The summed E-state index contributed by atoms with van der Waals surface area (Å²) in [7, 11) is 0. The second kappa shape index (κ2) is 7.47. The zero-order valence-corrected chi connectivity index (χ0v) is 13.9. The average molecular weight is 327 g/mol. The van der Waals surface area contributed by atoms with Gasteiger partial charge in [0.2, 0.25) is 0 Å². The molecule has 0 unspecified atom stereocenters. The van der Waals surface area contributed by atoms with Gasteiger partial charge in [0, 0.05) is 17.0 Å². The van der Waals surface area contributed by atoms with Crippen molar-refractivity contribution in [3.8, 4) is 0 Å². The Morgan fingerprint density at radius 3 is 2.76 bits per heavy atom. The largest absolute Gasteiger partial charge is 0.361 e. The molecule has 0 aliphatic rings. The molecule has 2 aromatic rings. The van der Waals surface area contributed by atoms with E-state index in [2.05, 4.69) is 20.8 Å². The third kappa shape index (κ3) is 4.47. The standard InChI is InChI=1S/C14H19ClN4OS/c1-4-16-14(17-7-11-5-6-13(15)21-11)18-8-12-9(2)19-20-10(12)3/h5-6H,4,7-8H2,1-3H3,(H2,16,17,18). The average Bonchev–Trinajstić information content (AvgIpc) is 3.00. The van der Waals surface area contributed by atoms with Crippen LogP contribution in [0.1, 0.15) is 28.8 Å². The number of nitrogens with zero attached hydrogens (tertiary/aromatic N) is 2. The summed E-state index contributed by atoms with van der Waals surface area (Å²) in [6.07, 6.45) is 0. The maximum Gasteiger partial charge on any atom is 0.191 e. The minimum absolute atomic E-state index is 0.543. The van der Waals surface area contributed by atoms with Crippen molar-refractivity contribution in [2.45, 2.75) is 33.9 Å². The molecule has 2 rings (SSSR count). The van der Waals surface area contributed by atoms with Crippen molar-refractivity contribution in [1.82, 2.24) is 15.8 Å². The van der Waals surface area contributed by atoms with Gasteiger partial charge in [0.1, 0.15) is 5.76 Å². The number of aliphatic imine (C=N–C) groups is 1. The van der Waals surface area contributed by atoms with Crippen LogP contribution in [0.2, 0.25) is 4.34 Å². The fourth-order valence-corrected chi connectivity index (χ4v) is 2.87. The molecule has 0 saturated carbocycles. The molecular formula is C14H19ClN4OS. The van der Waals surface area contributed by atoms with Crippen LogP contribution in [0.3, 0.4) is 0 Å². The number of rotatable bonds is 5. The Bertz CT molecular complexity index is 601. The first-order valence-electron chi connectivity index (χ1n) is 6.78. The lowest BCUT2D eigenvalue weighted by Gasteiger charge is -2.10. The van der Waals surface area contributed by atoms with Gasteiger partial charge in [-0.1, -0.05) is 16.8 Å². The van der Waals surface area contributed by atoms with Crippen LogP contribution in [0.25, 0.3) is 0 Å². The predicted octanol–water partition coefficient (Wildman–Crippen LogP) is 3.26. The molecule has 0 aliphatic carbocycles. The molecule has 5 nitrogen and oxygen atoms in total. The van der Waals surface area contributed by atoms with Crippen molar-refractivity contribution >= 4 is 28.9 Å². The topological polar surface area (TPSA) is 62.5 Å². The number of aromatic nitrogens is 1. The molecule has 114 valence electrons.